The third kappa shape index (κ3) is 4.16. The number of nitrogens with one attached hydrogen (secondary N) is 1. The number of hydrogen-bond acceptors (Lipinski definition) is 5. The molecular formula is C15H19N3O3S. The molecule has 6 nitrogen and oxygen atoms in total. The Morgan fingerprint density at radius 3 is 3.27 bits per heavy atom. The second kappa shape index (κ2) is 7.53. The molecular weight excluding hydrogens is 302 g/mol. The molecule has 1 aliphatic rings. The van der Waals surface area contributed by atoms with Crippen LogP contribution < -0.4 is 5.32 Å². The van der Waals surface area contributed by atoms with Crippen LogP contribution in [0.5, 0.6) is 0 Å². The molecule has 118 valence electrons. The minimum atomic E-state index is -0.176. The van der Waals surface area contributed by atoms with Crippen LogP contribution in [-0.2, 0) is 20.8 Å². The first-order chi connectivity index (χ1) is 10.8. The van der Waals surface area contributed by atoms with Crippen LogP contribution in [0.2, 0.25) is 0 Å². The maximum Gasteiger partial charge on any atom is 0.251 e. The molecule has 1 unspecified atom stereocenters. The van der Waals surface area contributed by atoms with Gasteiger partial charge in [0.2, 0.25) is 0 Å². The average molecular weight is 321 g/mol. The molecule has 1 saturated heterocycles. The fourth-order valence-electron chi connectivity index (χ4n) is 2.36. The summed E-state index contributed by atoms with van der Waals surface area (Å²) in [7, 11) is 0. The summed E-state index contributed by atoms with van der Waals surface area (Å²) in [6, 6.07) is 3.83. The van der Waals surface area contributed by atoms with Gasteiger partial charge in [-0.25, -0.2) is 4.68 Å². The van der Waals surface area contributed by atoms with Crippen LogP contribution in [-0.4, -0.2) is 41.6 Å². The lowest BCUT2D eigenvalue weighted by Crippen LogP contribution is -2.23. The third-order valence-electron chi connectivity index (χ3n) is 3.46. The summed E-state index contributed by atoms with van der Waals surface area (Å²) in [5.41, 5.74) is 1.17. The molecule has 3 rings (SSSR count). The standard InChI is InChI=1S/C15H19N3O3S/c19-15(10-20-9-13-2-1-6-21-13)17-14-3-5-16-18(14)8-12-4-7-22-11-12/h3-5,7,11,13H,1-2,6,8-10H2,(H,17,19). The Morgan fingerprint density at radius 2 is 2.50 bits per heavy atom. The summed E-state index contributed by atoms with van der Waals surface area (Å²) in [5.74, 6) is 0.502. The molecule has 22 heavy (non-hydrogen) atoms. The van der Waals surface area contributed by atoms with Crippen LogP contribution in [0.15, 0.2) is 29.1 Å². The average Bonchev–Trinajstić information content (AvgIpc) is 3.23. The van der Waals surface area contributed by atoms with Crippen molar-refractivity contribution in [3.05, 3.63) is 34.7 Å². The first-order valence-corrected chi connectivity index (χ1v) is 8.27. The predicted octanol–water partition coefficient (Wildman–Crippen LogP) is 2.13. The van der Waals surface area contributed by atoms with Gasteiger partial charge in [0, 0.05) is 12.7 Å². The highest BCUT2D eigenvalue weighted by Gasteiger charge is 2.16. The Labute approximate surface area is 133 Å². The predicted molar refractivity (Wildman–Crippen MR) is 84.1 cm³/mol. The van der Waals surface area contributed by atoms with Gasteiger partial charge < -0.3 is 14.8 Å². The molecule has 0 radical (unpaired) electrons. The zero-order valence-electron chi connectivity index (χ0n) is 12.2. The molecule has 2 aromatic heterocycles. The van der Waals surface area contributed by atoms with Crippen LogP contribution in [0.3, 0.4) is 0 Å². The molecule has 1 fully saturated rings. The summed E-state index contributed by atoms with van der Waals surface area (Å²) >= 11 is 1.64. The Morgan fingerprint density at radius 1 is 1.55 bits per heavy atom. The molecule has 0 saturated carbocycles. The van der Waals surface area contributed by atoms with Gasteiger partial charge in [-0.05, 0) is 35.2 Å². The van der Waals surface area contributed by atoms with E-state index in [0.717, 1.165) is 19.4 Å². The number of carbonyl (C=O) groups is 1. The third-order valence-corrected chi connectivity index (χ3v) is 4.19. The second-order valence-corrected chi connectivity index (χ2v) is 5.98. The summed E-state index contributed by atoms with van der Waals surface area (Å²) < 4.78 is 12.6. The maximum atomic E-state index is 11.9. The van der Waals surface area contributed by atoms with Gasteiger partial charge >= 0.3 is 0 Å². The first kappa shape index (κ1) is 15.2. The Hall–Kier alpha value is -1.70. The minimum Gasteiger partial charge on any atom is -0.376 e. The van der Waals surface area contributed by atoms with Crippen molar-refractivity contribution in [2.24, 2.45) is 0 Å². The van der Waals surface area contributed by atoms with E-state index in [4.69, 9.17) is 9.47 Å². The molecule has 0 aliphatic carbocycles. The topological polar surface area (TPSA) is 65.4 Å². The van der Waals surface area contributed by atoms with E-state index in [0.29, 0.717) is 19.0 Å². The van der Waals surface area contributed by atoms with Crippen molar-refractivity contribution in [3.8, 4) is 0 Å². The number of thiophene rings is 1. The van der Waals surface area contributed by atoms with Crippen molar-refractivity contribution >= 4 is 23.1 Å². The van der Waals surface area contributed by atoms with E-state index in [1.54, 1.807) is 28.3 Å². The highest BCUT2D eigenvalue weighted by molar-refractivity contribution is 7.07. The zero-order chi connectivity index (χ0) is 15.2. The fraction of sp³-hybridized carbons (Fsp3) is 0.467. The van der Waals surface area contributed by atoms with Crippen molar-refractivity contribution < 1.29 is 14.3 Å². The molecule has 1 aliphatic heterocycles. The number of aromatic nitrogens is 2. The van der Waals surface area contributed by atoms with E-state index in [1.165, 1.54) is 5.56 Å². The number of rotatable bonds is 7. The highest BCUT2D eigenvalue weighted by atomic mass is 32.1. The number of anilines is 1. The second-order valence-electron chi connectivity index (χ2n) is 5.20. The summed E-state index contributed by atoms with van der Waals surface area (Å²) in [6.07, 6.45) is 3.89. The van der Waals surface area contributed by atoms with Gasteiger partial charge in [-0.1, -0.05) is 0 Å². The van der Waals surface area contributed by atoms with Crippen molar-refractivity contribution in [2.75, 3.05) is 25.1 Å². The van der Waals surface area contributed by atoms with E-state index in [-0.39, 0.29) is 18.6 Å². The van der Waals surface area contributed by atoms with Crippen molar-refractivity contribution in [2.45, 2.75) is 25.5 Å². The zero-order valence-corrected chi connectivity index (χ0v) is 13.1. The number of nitrogens with zero attached hydrogens (tertiary/aromatic N) is 2. The largest absolute Gasteiger partial charge is 0.376 e. The van der Waals surface area contributed by atoms with Crippen LogP contribution in [0.1, 0.15) is 18.4 Å². The number of carbonyl (C=O) groups excluding carboxylic acids is 1. The molecule has 1 atom stereocenters. The Balaban J connectivity index is 1.46. The molecule has 2 aromatic rings. The molecule has 3 heterocycles. The van der Waals surface area contributed by atoms with E-state index in [9.17, 15) is 4.79 Å². The quantitative estimate of drug-likeness (QED) is 0.848. The lowest BCUT2D eigenvalue weighted by molar-refractivity contribution is -0.121. The van der Waals surface area contributed by atoms with Crippen LogP contribution in [0, 0.1) is 0 Å². The van der Waals surface area contributed by atoms with Crippen LogP contribution >= 0.6 is 11.3 Å². The SMILES string of the molecule is O=C(COCC1CCCO1)Nc1ccnn1Cc1ccsc1. The highest BCUT2D eigenvalue weighted by Crippen LogP contribution is 2.13. The summed E-state index contributed by atoms with van der Waals surface area (Å²) in [5, 5.41) is 11.2. The molecule has 0 spiro atoms. The van der Waals surface area contributed by atoms with Crippen molar-refractivity contribution in [3.63, 3.8) is 0 Å². The van der Waals surface area contributed by atoms with Crippen LogP contribution in [0.25, 0.3) is 0 Å². The van der Waals surface area contributed by atoms with E-state index in [2.05, 4.69) is 15.8 Å². The van der Waals surface area contributed by atoms with Gasteiger partial charge in [-0.15, -0.1) is 0 Å². The minimum absolute atomic E-state index is 0.0312. The van der Waals surface area contributed by atoms with Gasteiger partial charge in [-0.2, -0.15) is 16.4 Å². The van der Waals surface area contributed by atoms with Gasteiger partial charge in [0.15, 0.2) is 0 Å². The number of amides is 1. The molecule has 0 aromatic carbocycles. The maximum absolute atomic E-state index is 11.9. The Kier molecular flexibility index (Phi) is 5.20. The smallest absolute Gasteiger partial charge is 0.251 e. The first-order valence-electron chi connectivity index (χ1n) is 7.33. The van der Waals surface area contributed by atoms with E-state index >= 15 is 0 Å². The van der Waals surface area contributed by atoms with E-state index < -0.39 is 0 Å². The normalized spacial score (nSPS) is 17.7. The summed E-state index contributed by atoms with van der Waals surface area (Å²) in [4.78, 5) is 11.9. The molecule has 0 bridgehead atoms. The lowest BCUT2D eigenvalue weighted by Gasteiger charge is -2.11. The van der Waals surface area contributed by atoms with Gasteiger partial charge in [0.1, 0.15) is 12.4 Å². The van der Waals surface area contributed by atoms with E-state index in [1.807, 2.05) is 11.4 Å². The van der Waals surface area contributed by atoms with Crippen molar-refractivity contribution in [1.82, 2.24) is 9.78 Å². The van der Waals surface area contributed by atoms with Crippen LogP contribution in [0.4, 0.5) is 5.82 Å². The number of hydrogen-bond donors (Lipinski definition) is 1. The Bertz CT molecular complexity index is 591. The van der Waals surface area contributed by atoms with Gasteiger partial charge in [0.25, 0.3) is 5.91 Å². The van der Waals surface area contributed by atoms with Gasteiger partial charge in [-0.3, -0.25) is 4.79 Å². The monoisotopic (exact) mass is 321 g/mol. The van der Waals surface area contributed by atoms with Gasteiger partial charge in [0.05, 0.1) is 25.5 Å². The molecule has 7 heteroatoms. The fourth-order valence-corrected chi connectivity index (χ4v) is 3.02. The summed E-state index contributed by atoms with van der Waals surface area (Å²) in [6.45, 7) is 1.94. The number of ether oxygens (including phenoxy) is 2. The molecule has 1 N–H and O–H groups in total. The molecule has 1 amide bonds. The lowest BCUT2D eigenvalue weighted by atomic mass is 10.2. The van der Waals surface area contributed by atoms with Crippen molar-refractivity contribution in [1.29, 1.82) is 0 Å².